The van der Waals surface area contributed by atoms with Crippen molar-refractivity contribution in [3.8, 4) is 0 Å². The molecule has 1 heterocycles. The Balaban J connectivity index is 1.44. The first kappa shape index (κ1) is 24.5. The van der Waals surface area contributed by atoms with E-state index in [0.717, 1.165) is 31.2 Å². The van der Waals surface area contributed by atoms with E-state index in [-0.39, 0.29) is 35.8 Å². The third kappa shape index (κ3) is 4.94. The first-order valence-electron chi connectivity index (χ1n) is 12.4. The minimum atomic E-state index is -1.04. The van der Waals surface area contributed by atoms with E-state index in [1.165, 1.54) is 0 Å². The SMILES string of the molecule is CC1(C)CN(C(=O)[C@H]2CCCC[C@H]2NC(=O)C2CCC(O)C2)CC[C@]1(O)c1ccc(Cl)cc1. The van der Waals surface area contributed by atoms with Crippen molar-refractivity contribution in [3.05, 3.63) is 34.9 Å². The van der Waals surface area contributed by atoms with Gasteiger partial charge in [-0.15, -0.1) is 0 Å². The van der Waals surface area contributed by atoms with Crippen LogP contribution in [0.15, 0.2) is 24.3 Å². The van der Waals surface area contributed by atoms with Crippen molar-refractivity contribution < 1.29 is 19.8 Å². The number of nitrogens with one attached hydrogen (secondary N) is 1. The van der Waals surface area contributed by atoms with E-state index in [9.17, 15) is 19.8 Å². The zero-order valence-electron chi connectivity index (χ0n) is 19.7. The van der Waals surface area contributed by atoms with Crippen molar-refractivity contribution in [1.29, 1.82) is 0 Å². The summed E-state index contributed by atoms with van der Waals surface area (Å²) in [5, 5.41) is 25.2. The summed E-state index contributed by atoms with van der Waals surface area (Å²) in [6, 6.07) is 7.17. The summed E-state index contributed by atoms with van der Waals surface area (Å²) in [6.07, 6.45) is 5.53. The molecule has 0 spiro atoms. The van der Waals surface area contributed by atoms with Crippen molar-refractivity contribution in [2.45, 2.75) is 83.0 Å². The van der Waals surface area contributed by atoms with Gasteiger partial charge in [0.1, 0.15) is 0 Å². The lowest BCUT2D eigenvalue weighted by Crippen LogP contribution is -2.59. The molecular formula is C26H37ClN2O4. The molecule has 2 saturated carbocycles. The Morgan fingerprint density at radius 1 is 1.09 bits per heavy atom. The van der Waals surface area contributed by atoms with Gasteiger partial charge >= 0.3 is 0 Å². The van der Waals surface area contributed by atoms with Gasteiger partial charge in [0.15, 0.2) is 0 Å². The second-order valence-corrected chi connectivity index (χ2v) is 11.4. The maximum atomic E-state index is 13.6. The van der Waals surface area contributed by atoms with Gasteiger partial charge in [0.25, 0.3) is 0 Å². The third-order valence-corrected chi connectivity index (χ3v) is 8.52. The Bertz CT molecular complexity index is 874. The molecule has 1 aromatic rings. The smallest absolute Gasteiger partial charge is 0.227 e. The molecule has 33 heavy (non-hydrogen) atoms. The van der Waals surface area contributed by atoms with Gasteiger partial charge in [-0.2, -0.15) is 0 Å². The maximum absolute atomic E-state index is 13.6. The van der Waals surface area contributed by atoms with Crippen LogP contribution in [-0.2, 0) is 15.2 Å². The molecule has 1 aliphatic heterocycles. The fraction of sp³-hybridized carbons (Fsp3) is 0.692. The monoisotopic (exact) mass is 476 g/mol. The first-order chi connectivity index (χ1) is 15.6. The van der Waals surface area contributed by atoms with E-state index in [0.29, 0.717) is 43.8 Å². The number of carbonyl (C=O) groups excluding carboxylic acids is 2. The lowest BCUT2D eigenvalue weighted by Gasteiger charge is -2.51. The fourth-order valence-corrected chi connectivity index (χ4v) is 6.23. The van der Waals surface area contributed by atoms with Crippen LogP contribution < -0.4 is 5.32 Å². The summed E-state index contributed by atoms with van der Waals surface area (Å²) in [4.78, 5) is 28.3. The van der Waals surface area contributed by atoms with Gasteiger partial charge in [0.05, 0.1) is 17.6 Å². The number of likely N-dealkylation sites (tertiary alicyclic amines) is 1. The number of halogens is 1. The lowest BCUT2D eigenvalue weighted by atomic mass is 9.66. The molecule has 2 aliphatic carbocycles. The van der Waals surface area contributed by atoms with Crippen LogP contribution in [0, 0.1) is 17.3 Å². The topological polar surface area (TPSA) is 89.9 Å². The van der Waals surface area contributed by atoms with Gasteiger partial charge in [-0.3, -0.25) is 9.59 Å². The highest BCUT2D eigenvalue weighted by Gasteiger charge is 2.50. The molecule has 3 fully saturated rings. The Kier molecular flexibility index (Phi) is 7.09. The molecule has 3 N–H and O–H groups in total. The second kappa shape index (κ2) is 9.55. The maximum Gasteiger partial charge on any atom is 0.227 e. The number of benzene rings is 1. The molecule has 1 saturated heterocycles. The van der Waals surface area contributed by atoms with Crippen molar-refractivity contribution in [1.82, 2.24) is 10.2 Å². The number of hydrogen-bond donors (Lipinski definition) is 3. The van der Waals surface area contributed by atoms with E-state index >= 15 is 0 Å². The number of hydrogen-bond acceptors (Lipinski definition) is 4. The van der Waals surface area contributed by atoms with E-state index in [1.807, 2.05) is 30.9 Å². The zero-order chi connectivity index (χ0) is 23.8. The lowest BCUT2D eigenvalue weighted by molar-refractivity contribution is -0.158. The van der Waals surface area contributed by atoms with Crippen LogP contribution in [0.2, 0.25) is 5.02 Å². The molecule has 182 valence electrons. The van der Waals surface area contributed by atoms with Crippen molar-refractivity contribution in [3.63, 3.8) is 0 Å². The Morgan fingerprint density at radius 3 is 2.42 bits per heavy atom. The first-order valence-corrected chi connectivity index (χ1v) is 12.7. The highest BCUT2D eigenvalue weighted by Crippen LogP contribution is 2.46. The summed E-state index contributed by atoms with van der Waals surface area (Å²) in [5.41, 5.74) is -0.759. The van der Waals surface area contributed by atoms with Crippen LogP contribution in [0.1, 0.15) is 70.8 Å². The third-order valence-electron chi connectivity index (χ3n) is 8.27. The number of aliphatic hydroxyl groups excluding tert-OH is 1. The normalized spacial score (nSPS) is 34.2. The largest absolute Gasteiger partial charge is 0.393 e. The van der Waals surface area contributed by atoms with E-state index in [4.69, 9.17) is 11.6 Å². The van der Waals surface area contributed by atoms with Crippen LogP contribution >= 0.6 is 11.6 Å². The van der Waals surface area contributed by atoms with E-state index in [1.54, 1.807) is 12.1 Å². The van der Waals surface area contributed by atoms with Gasteiger partial charge in [-0.1, -0.05) is 50.4 Å². The van der Waals surface area contributed by atoms with Gasteiger partial charge < -0.3 is 20.4 Å². The van der Waals surface area contributed by atoms with E-state index < -0.39 is 11.0 Å². The molecule has 6 nitrogen and oxygen atoms in total. The zero-order valence-corrected chi connectivity index (χ0v) is 20.5. The highest BCUT2D eigenvalue weighted by molar-refractivity contribution is 6.30. The Hall–Kier alpha value is -1.63. The van der Waals surface area contributed by atoms with Gasteiger partial charge in [0, 0.05) is 35.5 Å². The molecule has 0 aromatic heterocycles. The summed E-state index contributed by atoms with van der Waals surface area (Å²) < 4.78 is 0. The molecule has 3 aliphatic rings. The predicted octanol–water partition coefficient (Wildman–Crippen LogP) is 3.62. The van der Waals surface area contributed by atoms with Crippen molar-refractivity contribution in [2.24, 2.45) is 17.3 Å². The number of carbonyl (C=O) groups is 2. The van der Waals surface area contributed by atoms with Crippen LogP contribution in [0.4, 0.5) is 0 Å². The minimum absolute atomic E-state index is 0.0210. The van der Waals surface area contributed by atoms with Crippen LogP contribution in [0.3, 0.4) is 0 Å². The minimum Gasteiger partial charge on any atom is -0.393 e. The summed E-state index contributed by atoms with van der Waals surface area (Å²) in [6.45, 7) is 4.95. The molecular weight excluding hydrogens is 440 g/mol. The standard InChI is InChI=1S/C26H37ClN2O4/c1-25(2)16-29(14-13-26(25,33)18-8-10-19(27)11-9-18)24(32)21-5-3-4-6-22(21)28-23(31)17-7-12-20(30)15-17/h8-11,17,20-22,30,33H,3-7,12-16H2,1-2H3,(H,28,31)/t17?,20?,21-,22+,26-/m0/s1. The average molecular weight is 477 g/mol. The van der Waals surface area contributed by atoms with Crippen molar-refractivity contribution >= 4 is 23.4 Å². The molecule has 0 radical (unpaired) electrons. The summed E-state index contributed by atoms with van der Waals surface area (Å²) in [5.74, 6) is -0.322. The molecule has 1 aromatic carbocycles. The fourth-order valence-electron chi connectivity index (χ4n) is 6.10. The second-order valence-electron chi connectivity index (χ2n) is 10.9. The number of amides is 2. The Labute approximate surface area is 201 Å². The molecule has 0 bridgehead atoms. The van der Waals surface area contributed by atoms with Crippen molar-refractivity contribution in [2.75, 3.05) is 13.1 Å². The summed E-state index contributed by atoms with van der Waals surface area (Å²) in [7, 11) is 0. The number of nitrogens with zero attached hydrogens (tertiary/aromatic N) is 1. The molecule has 4 rings (SSSR count). The van der Waals surface area contributed by atoms with Gasteiger partial charge in [-0.25, -0.2) is 0 Å². The van der Waals surface area contributed by atoms with E-state index in [2.05, 4.69) is 5.32 Å². The highest BCUT2D eigenvalue weighted by atomic mass is 35.5. The molecule has 2 amide bonds. The van der Waals surface area contributed by atoms with Crippen LogP contribution in [0.5, 0.6) is 0 Å². The average Bonchev–Trinajstić information content (AvgIpc) is 3.22. The Morgan fingerprint density at radius 2 is 1.79 bits per heavy atom. The van der Waals surface area contributed by atoms with Crippen LogP contribution in [-0.4, -0.2) is 52.2 Å². The van der Waals surface area contributed by atoms with Crippen LogP contribution in [0.25, 0.3) is 0 Å². The van der Waals surface area contributed by atoms with Gasteiger partial charge in [-0.05, 0) is 56.2 Å². The number of rotatable bonds is 4. The number of piperidine rings is 1. The van der Waals surface area contributed by atoms with Gasteiger partial charge in [0.2, 0.25) is 11.8 Å². The molecule has 5 atom stereocenters. The summed E-state index contributed by atoms with van der Waals surface area (Å²) >= 11 is 6.04. The quantitative estimate of drug-likeness (QED) is 0.619. The molecule has 2 unspecified atom stereocenters. The predicted molar refractivity (Wildman–Crippen MR) is 128 cm³/mol. The number of aliphatic hydroxyl groups is 2. The molecule has 7 heteroatoms.